The van der Waals surface area contributed by atoms with E-state index in [4.69, 9.17) is 16.3 Å². The van der Waals surface area contributed by atoms with Crippen molar-refractivity contribution in [2.75, 3.05) is 24.6 Å². The molecule has 2 aromatic carbocycles. The molecule has 0 aromatic heterocycles. The van der Waals surface area contributed by atoms with Crippen LogP contribution in [0, 0.1) is 17.7 Å². The Morgan fingerprint density at radius 2 is 2.16 bits per heavy atom. The summed E-state index contributed by atoms with van der Waals surface area (Å²) < 4.78 is 20.7. The number of carbonyl (C=O) groups excluding carboxylic acids is 1. The monoisotopic (exact) mass is 457 g/mol. The summed E-state index contributed by atoms with van der Waals surface area (Å²) in [6.45, 7) is 1.59. The first-order valence-electron chi connectivity index (χ1n) is 11.1. The highest BCUT2D eigenvalue weighted by Gasteiger charge is 2.43. The Morgan fingerprint density at radius 1 is 1.31 bits per heavy atom. The van der Waals surface area contributed by atoms with Crippen LogP contribution in [-0.4, -0.2) is 37.1 Å². The number of carboxylic acid groups (broad SMARTS) is 1. The summed E-state index contributed by atoms with van der Waals surface area (Å²) in [5, 5.41) is 10.2. The lowest BCUT2D eigenvalue weighted by Gasteiger charge is -2.43. The molecule has 1 saturated carbocycles. The first-order chi connectivity index (χ1) is 15.4. The van der Waals surface area contributed by atoms with E-state index >= 15 is 0 Å². The third-order valence-electron chi connectivity index (χ3n) is 7.46. The average molecular weight is 458 g/mol. The number of rotatable bonds is 4. The van der Waals surface area contributed by atoms with Crippen LogP contribution in [0.3, 0.4) is 0 Å². The highest BCUT2D eigenvalue weighted by molar-refractivity contribution is 6.30. The summed E-state index contributed by atoms with van der Waals surface area (Å²) in [5.41, 5.74) is 2.27. The fraction of sp³-hybridized carbons (Fsp3) is 0.440. The van der Waals surface area contributed by atoms with E-state index in [1.54, 1.807) is 0 Å². The van der Waals surface area contributed by atoms with Crippen molar-refractivity contribution in [1.82, 2.24) is 0 Å². The quantitative estimate of drug-likeness (QED) is 0.663. The fourth-order valence-electron chi connectivity index (χ4n) is 5.58. The van der Waals surface area contributed by atoms with Gasteiger partial charge in [-0.3, -0.25) is 0 Å². The SMILES string of the molecule is O=C[C@@H]1CC[C@H]1CN1CC2(CCCc3cc(Cl)ccc32)COc2cc(F)c(C(=O)O)cc21. The number of hydrogen-bond donors (Lipinski definition) is 1. The molecular formula is C25H25ClFNO4. The number of carbonyl (C=O) groups is 2. The Hall–Kier alpha value is -2.60. The Morgan fingerprint density at radius 3 is 2.88 bits per heavy atom. The predicted molar refractivity (Wildman–Crippen MR) is 119 cm³/mol. The number of hydrogen-bond acceptors (Lipinski definition) is 4. The van der Waals surface area contributed by atoms with Gasteiger partial charge in [0, 0.05) is 35.5 Å². The maximum Gasteiger partial charge on any atom is 0.338 e. The van der Waals surface area contributed by atoms with Gasteiger partial charge >= 0.3 is 5.97 Å². The van der Waals surface area contributed by atoms with Crippen LogP contribution in [0.4, 0.5) is 10.1 Å². The molecule has 0 radical (unpaired) electrons. The van der Waals surface area contributed by atoms with Crippen molar-refractivity contribution in [3.05, 3.63) is 57.9 Å². The molecule has 0 amide bonds. The zero-order valence-corrected chi connectivity index (χ0v) is 18.4. The van der Waals surface area contributed by atoms with Crippen molar-refractivity contribution in [2.45, 2.75) is 37.5 Å². The molecule has 3 atom stereocenters. The number of aromatic carboxylic acids is 1. The van der Waals surface area contributed by atoms with E-state index in [1.165, 1.54) is 23.3 Å². The summed E-state index contributed by atoms with van der Waals surface area (Å²) in [4.78, 5) is 25.2. The molecule has 5 rings (SSSR count). The minimum Gasteiger partial charge on any atom is -0.490 e. The molecule has 7 heteroatoms. The maximum atomic E-state index is 14.5. The van der Waals surface area contributed by atoms with Gasteiger partial charge in [-0.05, 0) is 67.3 Å². The second-order valence-electron chi connectivity index (χ2n) is 9.35. The lowest BCUT2D eigenvalue weighted by molar-refractivity contribution is -0.115. The number of halogens is 2. The molecular weight excluding hydrogens is 433 g/mol. The van der Waals surface area contributed by atoms with Crippen LogP contribution in [0.2, 0.25) is 5.02 Å². The lowest BCUT2D eigenvalue weighted by atomic mass is 9.69. The van der Waals surface area contributed by atoms with Crippen LogP contribution in [0.15, 0.2) is 30.3 Å². The van der Waals surface area contributed by atoms with E-state index in [0.29, 0.717) is 36.2 Å². The molecule has 2 aromatic rings. The number of anilines is 1. The van der Waals surface area contributed by atoms with E-state index in [0.717, 1.165) is 38.4 Å². The molecule has 1 aliphatic heterocycles. The van der Waals surface area contributed by atoms with Gasteiger partial charge in [0.1, 0.15) is 17.9 Å². The zero-order valence-electron chi connectivity index (χ0n) is 17.7. The molecule has 168 valence electrons. The molecule has 3 aliphatic rings. The molecule has 1 unspecified atom stereocenters. The molecule has 0 saturated heterocycles. The Kier molecular flexibility index (Phi) is 5.36. The maximum absolute atomic E-state index is 14.5. The summed E-state index contributed by atoms with van der Waals surface area (Å²) in [6, 6.07) is 8.54. The first-order valence-corrected chi connectivity index (χ1v) is 11.5. The highest BCUT2D eigenvalue weighted by atomic mass is 35.5. The van der Waals surface area contributed by atoms with Gasteiger partial charge in [-0.2, -0.15) is 0 Å². The van der Waals surface area contributed by atoms with Gasteiger partial charge in [0.25, 0.3) is 0 Å². The molecule has 1 heterocycles. The molecule has 2 aliphatic carbocycles. The average Bonchev–Trinajstić information content (AvgIpc) is 2.88. The Balaban J connectivity index is 1.59. The van der Waals surface area contributed by atoms with Crippen LogP contribution in [0.5, 0.6) is 5.75 Å². The highest BCUT2D eigenvalue weighted by Crippen LogP contribution is 2.46. The van der Waals surface area contributed by atoms with Gasteiger partial charge in [-0.1, -0.05) is 17.7 Å². The fourth-order valence-corrected chi connectivity index (χ4v) is 5.78. The van der Waals surface area contributed by atoms with E-state index in [9.17, 15) is 19.1 Å². The molecule has 1 fully saturated rings. The summed E-state index contributed by atoms with van der Waals surface area (Å²) in [5.74, 6) is -1.56. The number of fused-ring (bicyclic) bond motifs is 3. The van der Waals surface area contributed by atoms with Crippen LogP contribution < -0.4 is 9.64 Å². The van der Waals surface area contributed by atoms with Gasteiger partial charge < -0.3 is 19.5 Å². The standard InChI is InChI=1S/C25H25ClFNO4/c26-18-5-6-20-15(8-18)2-1-7-25(20)13-28(11-16-3-4-17(16)12-29)22-9-19(24(30)31)21(27)10-23(22)32-14-25/h5-6,8-10,12,16-17H,1-4,7,11,13-14H2,(H,30,31)/t16-,17-,25?/m0/s1. The topological polar surface area (TPSA) is 66.8 Å². The third-order valence-corrected chi connectivity index (χ3v) is 7.70. The van der Waals surface area contributed by atoms with Gasteiger partial charge in [-0.15, -0.1) is 0 Å². The van der Waals surface area contributed by atoms with Crippen molar-refractivity contribution in [3.8, 4) is 5.75 Å². The molecule has 1 N–H and O–H groups in total. The summed E-state index contributed by atoms with van der Waals surface area (Å²) in [6.07, 6.45) is 5.67. The number of aldehydes is 1. The first kappa shape index (κ1) is 21.3. The molecule has 32 heavy (non-hydrogen) atoms. The van der Waals surface area contributed by atoms with E-state index in [-0.39, 0.29) is 22.8 Å². The summed E-state index contributed by atoms with van der Waals surface area (Å²) >= 11 is 6.26. The second kappa shape index (κ2) is 8.07. The van der Waals surface area contributed by atoms with Crippen LogP contribution in [-0.2, 0) is 16.6 Å². The summed E-state index contributed by atoms with van der Waals surface area (Å²) in [7, 11) is 0. The Labute approximate surface area is 191 Å². The van der Waals surface area contributed by atoms with Gasteiger partial charge in [0.2, 0.25) is 0 Å². The van der Waals surface area contributed by atoms with Crippen LogP contribution >= 0.6 is 11.6 Å². The van der Waals surface area contributed by atoms with Crippen LogP contribution in [0.1, 0.15) is 47.2 Å². The minimum absolute atomic E-state index is 0.00964. The number of carboxylic acids is 1. The van der Waals surface area contributed by atoms with Crippen LogP contribution in [0.25, 0.3) is 0 Å². The van der Waals surface area contributed by atoms with Crippen molar-refractivity contribution in [1.29, 1.82) is 0 Å². The molecule has 0 bridgehead atoms. The normalized spacial score (nSPS) is 26.4. The van der Waals surface area contributed by atoms with E-state index < -0.39 is 11.8 Å². The molecule has 1 spiro atoms. The lowest BCUT2D eigenvalue weighted by Crippen LogP contribution is -2.48. The largest absolute Gasteiger partial charge is 0.490 e. The number of nitrogens with zero attached hydrogens (tertiary/aromatic N) is 1. The zero-order chi connectivity index (χ0) is 22.5. The van der Waals surface area contributed by atoms with Crippen molar-refractivity contribution in [3.63, 3.8) is 0 Å². The second-order valence-corrected chi connectivity index (χ2v) is 9.78. The number of benzene rings is 2. The van der Waals surface area contributed by atoms with E-state index in [2.05, 4.69) is 11.0 Å². The molecule has 5 nitrogen and oxygen atoms in total. The minimum atomic E-state index is -1.31. The number of aryl methyl sites for hydroxylation is 1. The van der Waals surface area contributed by atoms with Gasteiger partial charge in [0.15, 0.2) is 0 Å². The number of ether oxygens (including phenoxy) is 1. The van der Waals surface area contributed by atoms with Gasteiger partial charge in [-0.25, -0.2) is 9.18 Å². The van der Waals surface area contributed by atoms with Crippen molar-refractivity contribution >= 4 is 29.5 Å². The van der Waals surface area contributed by atoms with Gasteiger partial charge in [0.05, 0.1) is 17.9 Å². The van der Waals surface area contributed by atoms with Crippen molar-refractivity contribution < 1.29 is 23.8 Å². The third kappa shape index (κ3) is 3.54. The Bertz CT molecular complexity index is 1090. The predicted octanol–water partition coefficient (Wildman–Crippen LogP) is 4.88. The van der Waals surface area contributed by atoms with Crippen molar-refractivity contribution in [2.24, 2.45) is 11.8 Å². The smallest absolute Gasteiger partial charge is 0.338 e. The van der Waals surface area contributed by atoms with E-state index in [1.807, 2.05) is 12.1 Å².